The number of halogens is 3. The van der Waals surface area contributed by atoms with Gasteiger partial charge in [0.25, 0.3) is 0 Å². The zero-order valence-corrected chi connectivity index (χ0v) is 8.85. The van der Waals surface area contributed by atoms with Gasteiger partial charge < -0.3 is 9.84 Å². The third-order valence-electron chi connectivity index (χ3n) is 2.75. The molecule has 0 spiro atoms. The lowest BCUT2D eigenvalue weighted by Gasteiger charge is -2.40. The highest BCUT2D eigenvalue weighted by Crippen LogP contribution is 2.38. The zero-order chi connectivity index (χ0) is 12.2. The Kier molecular flexibility index (Phi) is 4.18. The van der Waals surface area contributed by atoms with E-state index in [0.717, 1.165) is 6.42 Å². The number of carboxylic acid groups (broad SMARTS) is 1. The second-order valence-corrected chi connectivity index (χ2v) is 4.17. The van der Waals surface area contributed by atoms with Crippen LogP contribution in [0.25, 0.3) is 0 Å². The van der Waals surface area contributed by atoms with Gasteiger partial charge in [0, 0.05) is 13.0 Å². The van der Waals surface area contributed by atoms with Crippen molar-refractivity contribution in [1.29, 1.82) is 0 Å². The van der Waals surface area contributed by atoms with E-state index < -0.39 is 24.2 Å². The molecule has 0 aromatic carbocycles. The van der Waals surface area contributed by atoms with Gasteiger partial charge in [0.15, 0.2) is 0 Å². The van der Waals surface area contributed by atoms with Crippen LogP contribution in [0.5, 0.6) is 0 Å². The lowest BCUT2D eigenvalue weighted by molar-refractivity contribution is -0.161. The number of carboxylic acids is 1. The molecule has 94 valence electrons. The first kappa shape index (κ1) is 13.3. The summed E-state index contributed by atoms with van der Waals surface area (Å²) in [7, 11) is 0. The molecule has 0 radical (unpaired) electrons. The van der Waals surface area contributed by atoms with Crippen LogP contribution in [-0.2, 0) is 9.53 Å². The van der Waals surface area contributed by atoms with E-state index in [1.807, 2.05) is 0 Å². The van der Waals surface area contributed by atoms with Crippen LogP contribution in [0.2, 0.25) is 0 Å². The fourth-order valence-corrected chi connectivity index (χ4v) is 1.78. The van der Waals surface area contributed by atoms with Crippen molar-refractivity contribution in [1.82, 2.24) is 0 Å². The molecule has 0 aliphatic heterocycles. The molecule has 0 bridgehead atoms. The van der Waals surface area contributed by atoms with Crippen LogP contribution in [0.1, 0.15) is 38.5 Å². The maximum atomic E-state index is 11.8. The number of alkyl halides is 3. The van der Waals surface area contributed by atoms with Crippen molar-refractivity contribution in [2.75, 3.05) is 6.61 Å². The molecule has 0 unspecified atom stereocenters. The average molecular weight is 240 g/mol. The van der Waals surface area contributed by atoms with Gasteiger partial charge in [-0.25, -0.2) is 0 Å². The second kappa shape index (κ2) is 5.03. The Labute approximate surface area is 91.6 Å². The first-order valence-electron chi connectivity index (χ1n) is 5.26. The number of rotatable bonds is 6. The van der Waals surface area contributed by atoms with E-state index in [-0.39, 0.29) is 19.4 Å². The van der Waals surface area contributed by atoms with E-state index in [9.17, 15) is 18.0 Å². The summed E-state index contributed by atoms with van der Waals surface area (Å²) < 4.78 is 40.8. The minimum Gasteiger partial charge on any atom is -0.481 e. The Balaban J connectivity index is 2.22. The molecule has 0 heterocycles. The Morgan fingerprint density at radius 3 is 2.38 bits per heavy atom. The molecule has 0 amide bonds. The summed E-state index contributed by atoms with van der Waals surface area (Å²) in [4.78, 5) is 10.5. The predicted molar refractivity (Wildman–Crippen MR) is 50.1 cm³/mol. The van der Waals surface area contributed by atoms with E-state index in [0.29, 0.717) is 12.8 Å². The highest BCUT2D eigenvalue weighted by molar-refractivity contribution is 5.68. The molecule has 1 fully saturated rings. The van der Waals surface area contributed by atoms with E-state index in [2.05, 4.69) is 0 Å². The van der Waals surface area contributed by atoms with Crippen molar-refractivity contribution in [3.63, 3.8) is 0 Å². The molecular weight excluding hydrogens is 225 g/mol. The van der Waals surface area contributed by atoms with Crippen LogP contribution in [-0.4, -0.2) is 29.5 Å². The molecule has 1 rings (SSSR count). The summed E-state index contributed by atoms with van der Waals surface area (Å²) in [6.45, 7) is -0.0210. The SMILES string of the molecule is O=C(O)CC1(OCCCC(F)(F)F)CCC1. The number of carbonyl (C=O) groups is 1. The van der Waals surface area contributed by atoms with Crippen LogP contribution < -0.4 is 0 Å². The fraction of sp³-hybridized carbons (Fsp3) is 0.900. The van der Waals surface area contributed by atoms with Gasteiger partial charge in [-0.3, -0.25) is 4.79 Å². The van der Waals surface area contributed by atoms with E-state index >= 15 is 0 Å². The molecule has 6 heteroatoms. The smallest absolute Gasteiger partial charge is 0.389 e. The van der Waals surface area contributed by atoms with Crippen molar-refractivity contribution in [2.24, 2.45) is 0 Å². The van der Waals surface area contributed by atoms with Gasteiger partial charge in [0.05, 0.1) is 12.0 Å². The third-order valence-corrected chi connectivity index (χ3v) is 2.75. The monoisotopic (exact) mass is 240 g/mol. The van der Waals surface area contributed by atoms with Gasteiger partial charge in [-0.05, 0) is 25.7 Å². The lowest BCUT2D eigenvalue weighted by Crippen LogP contribution is -2.42. The number of aliphatic carboxylic acids is 1. The molecule has 3 nitrogen and oxygen atoms in total. The molecule has 0 aromatic rings. The summed E-state index contributed by atoms with van der Waals surface area (Å²) in [5.41, 5.74) is -0.697. The number of hydrogen-bond acceptors (Lipinski definition) is 2. The first-order valence-corrected chi connectivity index (χ1v) is 5.26. The molecule has 0 saturated heterocycles. The zero-order valence-electron chi connectivity index (χ0n) is 8.85. The van der Waals surface area contributed by atoms with Crippen molar-refractivity contribution < 1.29 is 27.8 Å². The Hall–Kier alpha value is -0.780. The molecule has 16 heavy (non-hydrogen) atoms. The topological polar surface area (TPSA) is 46.5 Å². The molecule has 0 atom stereocenters. The molecular formula is C10H15F3O3. The third kappa shape index (κ3) is 4.38. The van der Waals surface area contributed by atoms with Gasteiger partial charge in [0.2, 0.25) is 0 Å². The van der Waals surface area contributed by atoms with Crippen molar-refractivity contribution in [3.8, 4) is 0 Å². The van der Waals surface area contributed by atoms with Crippen molar-refractivity contribution >= 4 is 5.97 Å². The van der Waals surface area contributed by atoms with Gasteiger partial charge in [0.1, 0.15) is 0 Å². The highest BCUT2D eigenvalue weighted by atomic mass is 19.4. The second-order valence-electron chi connectivity index (χ2n) is 4.17. The van der Waals surface area contributed by atoms with Crippen molar-refractivity contribution in [2.45, 2.75) is 50.3 Å². The predicted octanol–water partition coefficient (Wildman–Crippen LogP) is 2.74. The van der Waals surface area contributed by atoms with Gasteiger partial charge in [-0.2, -0.15) is 13.2 Å². The quantitative estimate of drug-likeness (QED) is 0.726. The van der Waals surface area contributed by atoms with Crippen molar-refractivity contribution in [3.05, 3.63) is 0 Å². The van der Waals surface area contributed by atoms with Crippen LogP contribution in [0.15, 0.2) is 0 Å². The standard InChI is InChI=1S/C10H15F3O3/c11-10(12,13)5-2-6-16-9(3-1-4-9)7-8(14)15/h1-7H2,(H,14,15). The molecule has 1 saturated carbocycles. The molecule has 1 aliphatic carbocycles. The lowest BCUT2D eigenvalue weighted by atomic mass is 9.77. The summed E-state index contributed by atoms with van der Waals surface area (Å²) in [6.07, 6.45) is -3.12. The summed E-state index contributed by atoms with van der Waals surface area (Å²) >= 11 is 0. The van der Waals surface area contributed by atoms with E-state index in [4.69, 9.17) is 9.84 Å². The molecule has 1 N–H and O–H groups in total. The largest absolute Gasteiger partial charge is 0.481 e. The van der Waals surface area contributed by atoms with Crippen LogP contribution in [0.4, 0.5) is 13.2 Å². The summed E-state index contributed by atoms with van der Waals surface area (Å²) in [5, 5.41) is 8.64. The van der Waals surface area contributed by atoms with Gasteiger partial charge in [-0.15, -0.1) is 0 Å². The molecule has 0 aromatic heterocycles. The fourth-order valence-electron chi connectivity index (χ4n) is 1.78. The normalized spacial score (nSPS) is 19.2. The van der Waals surface area contributed by atoms with Crippen LogP contribution >= 0.6 is 0 Å². The Morgan fingerprint density at radius 2 is 2.00 bits per heavy atom. The Morgan fingerprint density at radius 1 is 1.38 bits per heavy atom. The van der Waals surface area contributed by atoms with Crippen LogP contribution in [0.3, 0.4) is 0 Å². The first-order chi connectivity index (χ1) is 7.33. The van der Waals surface area contributed by atoms with E-state index in [1.165, 1.54) is 0 Å². The minimum absolute atomic E-state index is 0.0210. The number of hydrogen-bond donors (Lipinski definition) is 1. The highest BCUT2D eigenvalue weighted by Gasteiger charge is 2.40. The molecule has 1 aliphatic rings. The number of ether oxygens (including phenoxy) is 1. The maximum absolute atomic E-state index is 11.8. The maximum Gasteiger partial charge on any atom is 0.389 e. The Bertz CT molecular complexity index is 246. The minimum atomic E-state index is -4.16. The van der Waals surface area contributed by atoms with E-state index in [1.54, 1.807) is 0 Å². The van der Waals surface area contributed by atoms with Gasteiger partial charge >= 0.3 is 12.1 Å². The summed E-state index contributed by atoms with van der Waals surface area (Å²) in [6, 6.07) is 0. The summed E-state index contributed by atoms with van der Waals surface area (Å²) in [5.74, 6) is -0.962. The van der Waals surface area contributed by atoms with Crippen LogP contribution in [0, 0.1) is 0 Å². The van der Waals surface area contributed by atoms with Gasteiger partial charge in [-0.1, -0.05) is 0 Å². The average Bonchev–Trinajstić information content (AvgIpc) is 2.05.